The van der Waals surface area contributed by atoms with Crippen molar-refractivity contribution in [2.45, 2.75) is 19.4 Å². The molecule has 4 rings (SSSR count). The number of aromatic amines is 1. The fourth-order valence-electron chi connectivity index (χ4n) is 3.49. The van der Waals surface area contributed by atoms with E-state index in [-0.39, 0.29) is 12.0 Å². The van der Waals surface area contributed by atoms with E-state index in [1.54, 1.807) is 0 Å². The van der Waals surface area contributed by atoms with Gasteiger partial charge in [-0.05, 0) is 25.0 Å². The van der Waals surface area contributed by atoms with Gasteiger partial charge in [-0.15, -0.1) is 0 Å². The summed E-state index contributed by atoms with van der Waals surface area (Å²) in [5.74, 6) is 0.953. The third-order valence-electron chi connectivity index (χ3n) is 4.95. The molecule has 0 aliphatic carbocycles. The summed E-state index contributed by atoms with van der Waals surface area (Å²) < 4.78 is 7.64. The number of nitrogens with zero attached hydrogens (tertiary/aromatic N) is 2. The van der Waals surface area contributed by atoms with Crippen molar-refractivity contribution in [1.29, 1.82) is 0 Å². The Hall–Kier alpha value is -2.11. The molecular weight excluding hydrogens is 290 g/mol. The van der Waals surface area contributed by atoms with Crippen LogP contribution >= 0.6 is 0 Å². The van der Waals surface area contributed by atoms with Crippen molar-refractivity contribution < 1.29 is 9.84 Å². The van der Waals surface area contributed by atoms with Crippen LogP contribution in [0.15, 0.2) is 42.9 Å². The van der Waals surface area contributed by atoms with Crippen molar-refractivity contribution in [3.8, 4) is 11.4 Å². The Kier molecular flexibility index (Phi) is 3.67. The third-order valence-corrected chi connectivity index (χ3v) is 4.95. The summed E-state index contributed by atoms with van der Waals surface area (Å²) in [6.07, 6.45) is 7.57. The van der Waals surface area contributed by atoms with Crippen molar-refractivity contribution in [3.63, 3.8) is 0 Å². The van der Waals surface area contributed by atoms with Gasteiger partial charge in [0.1, 0.15) is 5.82 Å². The van der Waals surface area contributed by atoms with Crippen LogP contribution < -0.4 is 0 Å². The maximum Gasteiger partial charge on any atom is 0.140 e. The summed E-state index contributed by atoms with van der Waals surface area (Å²) in [6.45, 7) is 2.39. The maximum absolute atomic E-state index is 9.95. The van der Waals surface area contributed by atoms with E-state index in [9.17, 15) is 5.11 Å². The number of fused-ring (bicyclic) bond motifs is 1. The summed E-state index contributed by atoms with van der Waals surface area (Å²) in [5, 5.41) is 11.1. The molecule has 120 valence electrons. The first-order valence-corrected chi connectivity index (χ1v) is 8.08. The molecule has 0 amide bonds. The average molecular weight is 311 g/mol. The van der Waals surface area contributed by atoms with E-state index < -0.39 is 0 Å². The first-order chi connectivity index (χ1) is 11.3. The van der Waals surface area contributed by atoms with E-state index in [0.717, 1.165) is 49.5 Å². The van der Waals surface area contributed by atoms with Crippen LogP contribution in [0, 0.1) is 5.41 Å². The SMILES string of the molecule is OCC1(Cn2ccnc2-c2cccc3[nH]ccc23)CCOCC1. The number of nitrogens with one attached hydrogen (secondary N) is 1. The molecule has 0 spiro atoms. The quantitative estimate of drug-likeness (QED) is 0.779. The minimum absolute atomic E-state index is 0.111. The lowest BCUT2D eigenvalue weighted by atomic mass is 9.81. The van der Waals surface area contributed by atoms with Crippen LogP contribution in [-0.2, 0) is 11.3 Å². The summed E-state index contributed by atoms with van der Waals surface area (Å²) >= 11 is 0. The molecule has 1 aromatic carbocycles. The smallest absolute Gasteiger partial charge is 0.140 e. The predicted molar refractivity (Wildman–Crippen MR) is 89.1 cm³/mol. The molecule has 0 saturated carbocycles. The summed E-state index contributed by atoms with van der Waals surface area (Å²) in [4.78, 5) is 7.83. The van der Waals surface area contributed by atoms with E-state index >= 15 is 0 Å². The molecule has 1 fully saturated rings. The van der Waals surface area contributed by atoms with Crippen LogP contribution in [0.1, 0.15) is 12.8 Å². The lowest BCUT2D eigenvalue weighted by molar-refractivity contribution is -0.0250. The monoisotopic (exact) mass is 311 g/mol. The van der Waals surface area contributed by atoms with Gasteiger partial charge in [0.05, 0.1) is 6.61 Å². The highest BCUT2D eigenvalue weighted by Gasteiger charge is 2.33. The van der Waals surface area contributed by atoms with E-state index in [0.29, 0.717) is 0 Å². The third kappa shape index (κ3) is 2.56. The van der Waals surface area contributed by atoms with E-state index in [2.05, 4.69) is 32.7 Å². The number of ether oxygens (including phenoxy) is 1. The van der Waals surface area contributed by atoms with Crippen LogP contribution in [-0.4, -0.2) is 39.5 Å². The lowest BCUT2D eigenvalue weighted by Gasteiger charge is -2.36. The van der Waals surface area contributed by atoms with Gasteiger partial charge in [-0.25, -0.2) is 4.98 Å². The summed E-state index contributed by atoms with van der Waals surface area (Å²) in [6, 6.07) is 8.30. The van der Waals surface area contributed by atoms with Gasteiger partial charge >= 0.3 is 0 Å². The Bertz CT molecular complexity index is 799. The second-order valence-electron chi connectivity index (χ2n) is 6.39. The van der Waals surface area contributed by atoms with E-state index in [1.165, 1.54) is 5.39 Å². The van der Waals surface area contributed by atoms with Crippen molar-refractivity contribution in [1.82, 2.24) is 14.5 Å². The molecule has 5 nitrogen and oxygen atoms in total. The number of benzene rings is 1. The standard InChI is InChI=1S/C18H21N3O2/c22-13-18(5-10-23-11-6-18)12-21-9-8-20-17(21)15-2-1-3-16-14(15)4-7-19-16/h1-4,7-9,19,22H,5-6,10-13H2. The number of hydrogen-bond donors (Lipinski definition) is 2. The fraction of sp³-hybridized carbons (Fsp3) is 0.389. The first kappa shape index (κ1) is 14.5. The van der Waals surface area contributed by atoms with E-state index in [4.69, 9.17) is 4.74 Å². The highest BCUT2D eigenvalue weighted by molar-refractivity contribution is 5.93. The Labute approximate surface area is 134 Å². The fourth-order valence-corrected chi connectivity index (χ4v) is 3.49. The minimum atomic E-state index is -0.111. The van der Waals surface area contributed by atoms with Gasteiger partial charge in [0.2, 0.25) is 0 Å². The molecule has 5 heteroatoms. The molecule has 1 aliphatic heterocycles. The molecule has 3 aromatic rings. The van der Waals surface area contributed by atoms with Gasteiger partial charge in [0, 0.05) is 60.2 Å². The Morgan fingerprint density at radius 3 is 2.96 bits per heavy atom. The number of aromatic nitrogens is 3. The summed E-state index contributed by atoms with van der Waals surface area (Å²) in [7, 11) is 0. The Morgan fingerprint density at radius 2 is 2.13 bits per heavy atom. The largest absolute Gasteiger partial charge is 0.396 e. The molecule has 3 heterocycles. The number of imidazole rings is 1. The number of rotatable bonds is 4. The molecule has 0 unspecified atom stereocenters. The number of aliphatic hydroxyl groups excluding tert-OH is 1. The first-order valence-electron chi connectivity index (χ1n) is 8.08. The van der Waals surface area contributed by atoms with Gasteiger partial charge in [-0.1, -0.05) is 12.1 Å². The topological polar surface area (TPSA) is 63.1 Å². The number of H-pyrrole nitrogens is 1. The van der Waals surface area contributed by atoms with Crippen molar-refractivity contribution in [2.24, 2.45) is 5.41 Å². The minimum Gasteiger partial charge on any atom is -0.396 e. The normalized spacial score (nSPS) is 17.6. The van der Waals surface area contributed by atoms with Crippen LogP contribution in [0.2, 0.25) is 0 Å². The van der Waals surface area contributed by atoms with Gasteiger partial charge in [-0.3, -0.25) is 0 Å². The number of aliphatic hydroxyl groups is 1. The zero-order chi connectivity index (χ0) is 15.7. The lowest BCUT2D eigenvalue weighted by Crippen LogP contribution is -2.37. The van der Waals surface area contributed by atoms with Gasteiger partial charge < -0.3 is 19.4 Å². The zero-order valence-corrected chi connectivity index (χ0v) is 13.0. The van der Waals surface area contributed by atoms with Crippen molar-refractivity contribution >= 4 is 10.9 Å². The summed E-state index contributed by atoms with van der Waals surface area (Å²) in [5.41, 5.74) is 2.12. The van der Waals surface area contributed by atoms with Crippen LogP contribution in [0.25, 0.3) is 22.3 Å². The highest BCUT2D eigenvalue weighted by atomic mass is 16.5. The molecule has 0 bridgehead atoms. The Morgan fingerprint density at radius 1 is 1.26 bits per heavy atom. The average Bonchev–Trinajstić information content (AvgIpc) is 3.24. The van der Waals surface area contributed by atoms with Gasteiger partial charge in [0.25, 0.3) is 0 Å². The van der Waals surface area contributed by atoms with Gasteiger partial charge in [-0.2, -0.15) is 0 Å². The van der Waals surface area contributed by atoms with Crippen LogP contribution in [0.4, 0.5) is 0 Å². The zero-order valence-electron chi connectivity index (χ0n) is 13.0. The molecule has 2 N–H and O–H groups in total. The molecule has 1 aliphatic rings. The highest BCUT2D eigenvalue weighted by Crippen LogP contribution is 2.34. The van der Waals surface area contributed by atoms with Gasteiger partial charge in [0.15, 0.2) is 0 Å². The second-order valence-corrected chi connectivity index (χ2v) is 6.39. The van der Waals surface area contributed by atoms with Crippen LogP contribution in [0.5, 0.6) is 0 Å². The second kappa shape index (κ2) is 5.83. The maximum atomic E-state index is 9.95. The molecule has 23 heavy (non-hydrogen) atoms. The molecular formula is C18H21N3O2. The van der Waals surface area contributed by atoms with Crippen molar-refractivity contribution in [2.75, 3.05) is 19.8 Å². The van der Waals surface area contributed by atoms with E-state index in [1.807, 2.05) is 24.7 Å². The Balaban J connectivity index is 1.72. The molecule has 0 radical (unpaired) electrons. The molecule has 1 saturated heterocycles. The van der Waals surface area contributed by atoms with Crippen LogP contribution in [0.3, 0.4) is 0 Å². The molecule has 0 atom stereocenters. The number of hydrogen-bond acceptors (Lipinski definition) is 3. The molecule has 2 aromatic heterocycles. The van der Waals surface area contributed by atoms with Crippen molar-refractivity contribution in [3.05, 3.63) is 42.9 Å². The predicted octanol–water partition coefficient (Wildman–Crippen LogP) is 2.82.